The smallest absolute Gasteiger partial charge is 0.303 e. The molecule has 0 fully saturated rings. The average molecular weight is 279 g/mol. The summed E-state index contributed by atoms with van der Waals surface area (Å²) >= 11 is 0. The molecule has 0 aliphatic heterocycles. The zero-order valence-electron chi connectivity index (χ0n) is 12.1. The lowest BCUT2D eigenvalue weighted by Crippen LogP contribution is -2.29. The van der Waals surface area contributed by atoms with Crippen LogP contribution in [0.4, 0.5) is 0 Å². The molecule has 1 atom stereocenters. The number of carbonyl (C=O) groups excluding carboxylic acids is 1. The minimum absolute atomic E-state index is 0.116. The van der Waals surface area contributed by atoms with Crippen LogP contribution in [0.2, 0.25) is 0 Å². The van der Waals surface area contributed by atoms with Gasteiger partial charge in [-0.05, 0) is 31.4 Å². The summed E-state index contributed by atoms with van der Waals surface area (Å²) in [6.07, 6.45) is 0.658. The number of aryl methyl sites for hydroxylation is 1. The minimum Gasteiger partial charge on any atom is -0.496 e. The second-order valence-corrected chi connectivity index (χ2v) is 4.95. The van der Waals surface area contributed by atoms with Gasteiger partial charge in [0.15, 0.2) is 0 Å². The maximum absolute atomic E-state index is 12.1. The number of methoxy groups -OCH3 is 1. The molecule has 0 bridgehead atoms. The second-order valence-electron chi connectivity index (χ2n) is 4.95. The van der Waals surface area contributed by atoms with E-state index in [0.717, 1.165) is 5.56 Å². The Morgan fingerprint density at radius 2 is 2.10 bits per heavy atom. The molecule has 0 aromatic heterocycles. The van der Waals surface area contributed by atoms with Crippen molar-refractivity contribution in [3.05, 3.63) is 29.3 Å². The molecule has 1 aromatic rings. The van der Waals surface area contributed by atoms with Gasteiger partial charge >= 0.3 is 5.97 Å². The fourth-order valence-electron chi connectivity index (χ4n) is 1.83. The zero-order chi connectivity index (χ0) is 15.1. The molecule has 2 N–H and O–H groups in total. The Kier molecular flexibility index (Phi) is 6.03. The Balaban J connectivity index is 2.58. The van der Waals surface area contributed by atoms with Gasteiger partial charge in [0.1, 0.15) is 5.75 Å². The van der Waals surface area contributed by atoms with Gasteiger partial charge in [-0.3, -0.25) is 9.59 Å². The molecule has 0 heterocycles. The van der Waals surface area contributed by atoms with E-state index in [4.69, 9.17) is 9.84 Å². The number of benzene rings is 1. The Labute approximate surface area is 118 Å². The standard InChI is InChI=1S/C15H21NO4/c1-10-4-6-13(20-3)12(8-10)15(19)16-9-11(2)5-7-14(17)18/h4,6,8,11H,5,7,9H2,1-3H3,(H,16,19)(H,17,18). The molecular weight excluding hydrogens is 258 g/mol. The van der Waals surface area contributed by atoms with Crippen molar-refractivity contribution >= 4 is 11.9 Å². The molecule has 5 heteroatoms. The number of nitrogens with one attached hydrogen (secondary N) is 1. The van der Waals surface area contributed by atoms with Crippen LogP contribution in [0, 0.1) is 12.8 Å². The average Bonchev–Trinajstić information content (AvgIpc) is 2.42. The van der Waals surface area contributed by atoms with E-state index in [2.05, 4.69) is 5.32 Å². The van der Waals surface area contributed by atoms with Gasteiger partial charge in [-0.25, -0.2) is 0 Å². The number of carboxylic acid groups (broad SMARTS) is 1. The number of ether oxygens (including phenoxy) is 1. The van der Waals surface area contributed by atoms with Crippen LogP contribution in [0.25, 0.3) is 0 Å². The normalized spacial score (nSPS) is 11.8. The fourth-order valence-corrected chi connectivity index (χ4v) is 1.83. The van der Waals surface area contributed by atoms with Crippen LogP contribution < -0.4 is 10.1 Å². The van der Waals surface area contributed by atoms with Crippen LogP contribution in [0.5, 0.6) is 5.75 Å². The highest BCUT2D eigenvalue weighted by atomic mass is 16.5. The van der Waals surface area contributed by atoms with E-state index >= 15 is 0 Å². The number of carbonyl (C=O) groups is 2. The lowest BCUT2D eigenvalue weighted by Gasteiger charge is -2.13. The van der Waals surface area contributed by atoms with Crippen molar-refractivity contribution in [2.75, 3.05) is 13.7 Å². The SMILES string of the molecule is COc1ccc(C)cc1C(=O)NCC(C)CCC(=O)O. The van der Waals surface area contributed by atoms with Crippen LogP contribution in [-0.4, -0.2) is 30.6 Å². The van der Waals surface area contributed by atoms with Crippen LogP contribution in [0.3, 0.4) is 0 Å². The van der Waals surface area contributed by atoms with Gasteiger partial charge in [0, 0.05) is 13.0 Å². The summed E-state index contributed by atoms with van der Waals surface area (Å²) < 4.78 is 5.17. The molecular formula is C15H21NO4. The molecule has 0 radical (unpaired) electrons. The molecule has 0 aliphatic carbocycles. The predicted molar refractivity (Wildman–Crippen MR) is 76.1 cm³/mol. The van der Waals surface area contributed by atoms with E-state index in [1.165, 1.54) is 7.11 Å². The van der Waals surface area contributed by atoms with Gasteiger partial charge < -0.3 is 15.2 Å². The van der Waals surface area contributed by atoms with Crippen molar-refractivity contribution in [3.8, 4) is 5.75 Å². The van der Waals surface area contributed by atoms with Crippen LogP contribution in [0.1, 0.15) is 35.7 Å². The van der Waals surface area contributed by atoms with Crippen molar-refractivity contribution in [2.45, 2.75) is 26.7 Å². The molecule has 0 saturated heterocycles. The Morgan fingerprint density at radius 3 is 2.70 bits per heavy atom. The molecule has 1 unspecified atom stereocenters. The number of hydrogen-bond acceptors (Lipinski definition) is 3. The molecule has 1 aromatic carbocycles. The van der Waals surface area contributed by atoms with Crippen molar-refractivity contribution in [1.82, 2.24) is 5.32 Å². The van der Waals surface area contributed by atoms with Gasteiger partial charge in [-0.1, -0.05) is 18.6 Å². The quantitative estimate of drug-likeness (QED) is 0.802. The first kappa shape index (κ1) is 16.0. The summed E-state index contributed by atoms with van der Waals surface area (Å²) in [6, 6.07) is 5.42. The minimum atomic E-state index is -0.816. The first-order valence-electron chi connectivity index (χ1n) is 6.58. The summed E-state index contributed by atoms with van der Waals surface area (Å²) in [5, 5.41) is 11.4. The molecule has 0 saturated carbocycles. The number of amides is 1. The highest BCUT2D eigenvalue weighted by Gasteiger charge is 2.13. The van der Waals surface area contributed by atoms with Crippen LogP contribution in [0.15, 0.2) is 18.2 Å². The van der Waals surface area contributed by atoms with Gasteiger partial charge in [-0.2, -0.15) is 0 Å². The lowest BCUT2D eigenvalue weighted by molar-refractivity contribution is -0.137. The predicted octanol–water partition coefficient (Wildman–Crippen LogP) is 2.23. The molecule has 0 aliphatic rings. The molecule has 20 heavy (non-hydrogen) atoms. The maximum Gasteiger partial charge on any atom is 0.303 e. The van der Waals surface area contributed by atoms with Crippen molar-refractivity contribution in [3.63, 3.8) is 0 Å². The fraction of sp³-hybridized carbons (Fsp3) is 0.467. The molecule has 5 nitrogen and oxygen atoms in total. The largest absolute Gasteiger partial charge is 0.496 e. The third kappa shape index (κ3) is 4.91. The van der Waals surface area contributed by atoms with E-state index in [1.807, 2.05) is 19.9 Å². The number of aliphatic carboxylic acids is 1. The van der Waals surface area contributed by atoms with Gasteiger partial charge in [0.2, 0.25) is 0 Å². The highest BCUT2D eigenvalue weighted by molar-refractivity contribution is 5.97. The van der Waals surface area contributed by atoms with E-state index in [9.17, 15) is 9.59 Å². The Morgan fingerprint density at radius 1 is 1.40 bits per heavy atom. The van der Waals surface area contributed by atoms with E-state index < -0.39 is 5.97 Å². The first-order valence-corrected chi connectivity index (χ1v) is 6.58. The highest BCUT2D eigenvalue weighted by Crippen LogP contribution is 2.19. The topological polar surface area (TPSA) is 75.6 Å². The number of rotatable bonds is 7. The Bertz CT molecular complexity index is 485. The zero-order valence-corrected chi connectivity index (χ0v) is 12.1. The van der Waals surface area contributed by atoms with Gasteiger partial charge in [0.25, 0.3) is 5.91 Å². The Hall–Kier alpha value is -2.04. The third-order valence-electron chi connectivity index (χ3n) is 3.06. The summed E-state index contributed by atoms with van der Waals surface area (Å²) in [5.74, 6) is -0.367. The summed E-state index contributed by atoms with van der Waals surface area (Å²) in [7, 11) is 1.52. The maximum atomic E-state index is 12.1. The summed E-state index contributed by atoms with van der Waals surface area (Å²) in [5.41, 5.74) is 1.48. The van der Waals surface area contributed by atoms with E-state index in [-0.39, 0.29) is 18.2 Å². The van der Waals surface area contributed by atoms with Crippen LogP contribution >= 0.6 is 0 Å². The molecule has 1 rings (SSSR count). The van der Waals surface area contributed by atoms with Crippen molar-refractivity contribution < 1.29 is 19.4 Å². The van der Waals surface area contributed by atoms with Crippen molar-refractivity contribution in [2.24, 2.45) is 5.92 Å². The molecule has 110 valence electrons. The van der Waals surface area contributed by atoms with Crippen LogP contribution in [-0.2, 0) is 4.79 Å². The van der Waals surface area contributed by atoms with Crippen molar-refractivity contribution in [1.29, 1.82) is 0 Å². The van der Waals surface area contributed by atoms with Gasteiger partial charge in [0.05, 0.1) is 12.7 Å². The number of hydrogen-bond donors (Lipinski definition) is 2. The molecule has 1 amide bonds. The summed E-state index contributed by atoms with van der Waals surface area (Å²) in [6.45, 7) is 4.27. The van der Waals surface area contributed by atoms with E-state index in [1.54, 1.807) is 12.1 Å². The van der Waals surface area contributed by atoms with Gasteiger partial charge in [-0.15, -0.1) is 0 Å². The monoisotopic (exact) mass is 279 g/mol. The number of carboxylic acids is 1. The lowest BCUT2D eigenvalue weighted by atomic mass is 10.1. The molecule has 0 spiro atoms. The third-order valence-corrected chi connectivity index (χ3v) is 3.06. The van der Waals surface area contributed by atoms with E-state index in [0.29, 0.717) is 24.3 Å². The summed E-state index contributed by atoms with van der Waals surface area (Å²) in [4.78, 5) is 22.6. The second kappa shape index (κ2) is 7.53. The first-order chi connectivity index (χ1) is 9.43.